The van der Waals surface area contributed by atoms with Gasteiger partial charge in [0.25, 0.3) is 0 Å². The third kappa shape index (κ3) is 3.48. The fourth-order valence-corrected chi connectivity index (χ4v) is 3.21. The first-order chi connectivity index (χ1) is 12.4. The van der Waals surface area contributed by atoms with Crippen molar-refractivity contribution >= 4 is 0 Å². The molecule has 0 spiro atoms. The number of methoxy groups -OCH3 is 1. The highest BCUT2D eigenvalue weighted by atomic mass is 16.5. The van der Waals surface area contributed by atoms with E-state index in [4.69, 9.17) is 9.47 Å². The van der Waals surface area contributed by atoms with Crippen LogP contribution in [0, 0.1) is 0 Å². The number of phenolic OH excluding ortho intramolecular Hbond substituents is 2. The van der Waals surface area contributed by atoms with Crippen molar-refractivity contribution < 1.29 is 24.8 Å². The van der Waals surface area contributed by atoms with Gasteiger partial charge in [-0.3, -0.25) is 0 Å². The monoisotopic (exact) mass is 356 g/mol. The summed E-state index contributed by atoms with van der Waals surface area (Å²) in [7, 11) is 1.53. The Balaban J connectivity index is 2.07. The van der Waals surface area contributed by atoms with Gasteiger partial charge >= 0.3 is 0 Å². The van der Waals surface area contributed by atoms with Crippen molar-refractivity contribution in [1.29, 1.82) is 0 Å². The van der Waals surface area contributed by atoms with E-state index in [0.717, 1.165) is 16.7 Å². The van der Waals surface area contributed by atoms with Crippen LogP contribution in [0.5, 0.6) is 23.0 Å². The molecule has 5 nitrogen and oxygen atoms in total. The molecular formula is C21H24O5. The van der Waals surface area contributed by atoms with Gasteiger partial charge in [-0.25, -0.2) is 0 Å². The maximum absolute atomic E-state index is 10.6. The Morgan fingerprint density at radius 1 is 1.23 bits per heavy atom. The van der Waals surface area contributed by atoms with E-state index in [1.165, 1.54) is 7.11 Å². The standard InChI is InChI=1S/C21H24O5/c1-12(2)4-9-15-17(23)11-19(25-3)16-10-18(24)20(26-21(15)16)13-5-7-14(22)8-6-13/h4-8,11,18,20,22-24H,9-10H2,1-3H3. The molecule has 2 aromatic rings. The normalized spacial score (nSPS) is 18.6. The number of aliphatic hydroxyl groups is 1. The molecule has 0 fully saturated rings. The van der Waals surface area contributed by atoms with Gasteiger partial charge in [-0.15, -0.1) is 0 Å². The topological polar surface area (TPSA) is 79.2 Å². The number of aromatic hydroxyl groups is 2. The molecule has 0 aliphatic carbocycles. The van der Waals surface area contributed by atoms with Gasteiger partial charge in [0.1, 0.15) is 29.1 Å². The van der Waals surface area contributed by atoms with E-state index in [2.05, 4.69) is 0 Å². The molecule has 0 aromatic heterocycles. The van der Waals surface area contributed by atoms with Crippen LogP contribution in [0.3, 0.4) is 0 Å². The summed E-state index contributed by atoms with van der Waals surface area (Å²) in [4.78, 5) is 0. The van der Waals surface area contributed by atoms with Crippen LogP contribution in [0.4, 0.5) is 0 Å². The first kappa shape index (κ1) is 18.1. The lowest BCUT2D eigenvalue weighted by molar-refractivity contribution is 0.0191. The zero-order valence-electron chi connectivity index (χ0n) is 15.2. The number of hydrogen-bond donors (Lipinski definition) is 3. The number of hydrogen-bond acceptors (Lipinski definition) is 5. The summed E-state index contributed by atoms with van der Waals surface area (Å²) in [6.07, 6.45) is 1.55. The third-order valence-corrected chi connectivity index (χ3v) is 4.59. The molecule has 1 aliphatic heterocycles. The second-order valence-electron chi connectivity index (χ2n) is 6.77. The van der Waals surface area contributed by atoms with Gasteiger partial charge in [0.05, 0.1) is 13.2 Å². The first-order valence-electron chi connectivity index (χ1n) is 8.59. The smallest absolute Gasteiger partial charge is 0.150 e. The van der Waals surface area contributed by atoms with Gasteiger partial charge < -0.3 is 24.8 Å². The summed E-state index contributed by atoms with van der Waals surface area (Å²) >= 11 is 0. The van der Waals surface area contributed by atoms with Crippen molar-refractivity contribution in [2.75, 3.05) is 7.11 Å². The molecule has 0 amide bonds. The van der Waals surface area contributed by atoms with E-state index in [-0.39, 0.29) is 11.5 Å². The Kier molecular flexibility index (Phi) is 5.09. The molecule has 0 bridgehead atoms. The predicted octanol–water partition coefficient (Wildman–Crippen LogP) is 3.65. The first-order valence-corrected chi connectivity index (χ1v) is 8.59. The SMILES string of the molecule is COc1cc(O)c(CC=C(C)C)c2c1CC(O)C(c1ccc(O)cc1)O2. The summed E-state index contributed by atoms with van der Waals surface area (Å²) in [6.45, 7) is 3.99. The van der Waals surface area contributed by atoms with E-state index in [9.17, 15) is 15.3 Å². The second-order valence-corrected chi connectivity index (χ2v) is 6.77. The van der Waals surface area contributed by atoms with Crippen molar-refractivity contribution in [3.8, 4) is 23.0 Å². The predicted molar refractivity (Wildman–Crippen MR) is 99.0 cm³/mol. The van der Waals surface area contributed by atoms with Crippen LogP contribution >= 0.6 is 0 Å². The van der Waals surface area contributed by atoms with Gasteiger partial charge in [-0.2, -0.15) is 0 Å². The highest BCUT2D eigenvalue weighted by Gasteiger charge is 2.34. The highest BCUT2D eigenvalue weighted by Crippen LogP contribution is 2.46. The number of rotatable bonds is 4. The van der Waals surface area contributed by atoms with Crippen LogP contribution in [-0.2, 0) is 12.8 Å². The highest BCUT2D eigenvalue weighted by molar-refractivity contribution is 5.59. The van der Waals surface area contributed by atoms with Crippen LogP contribution in [0.2, 0.25) is 0 Å². The number of fused-ring (bicyclic) bond motifs is 1. The molecule has 2 unspecified atom stereocenters. The quantitative estimate of drug-likeness (QED) is 0.729. The summed E-state index contributed by atoms with van der Waals surface area (Å²) in [5.74, 6) is 1.33. The maximum Gasteiger partial charge on any atom is 0.150 e. The summed E-state index contributed by atoms with van der Waals surface area (Å²) in [5.41, 5.74) is 3.33. The third-order valence-electron chi connectivity index (χ3n) is 4.59. The number of aliphatic hydroxyl groups excluding tert-OH is 1. The molecule has 5 heteroatoms. The fraction of sp³-hybridized carbons (Fsp3) is 0.333. The number of benzene rings is 2. The Bertz CT molecular complexity index is 819. The van der Waals surface area contributed by atoms with Crippen LogP contribution in [0.25, 0.3) is 0 Å². The fourth-order valence-electron chi connectivity index (χ4n) is 3.21. The molecule has 1 aliphatic rings. The van der Waals surface area contributed by atoms with E-state index in [1.54, 1.807) is 30.3 Å². The average molecular weight is 356 g/mol. The molecule has 0 saturated heterocycles. The minimum Gasteiger partial charge on any atom is -0.508 e. The zero-order chi connectivity index (χ0) is 18.8. The van der Waals surface area contributed by atoms with Crippen LogP contribution in [0.15, 0.2) is 42.0 Å². The number of phenols is 2. The maximum atomic E-state index is 10.6. The van der Waals surface area contributed by atoms with E-state index in [0.29, 0.717) is 29.9 Å². The lowest BCUT2D eigenvalue weighted by Gasteiger charge is -2.33. The molecular weight excluding hydrogens is 332 g/mol. The van der Waals surface area contributed by atoms with Gasteiger partial charge in [0.15, 0.2) is 0 Å². The Labute approximate surface area is 153 Å². The lowest BCUT2D eigenvalue weighted by atomic mass is 9.91. The van der Waals surface area contributed by atoms with Crippen molar-refractivity contribution in [3.63, 3.8) is 0 Å². The molecule has 138 valence electrons. The van der Waals surface area contributed by atoms with Crippen LogP contribution in [-0.4, -0.2) is 28.5 Å². The minimum atomic E-state index is -0.762. The molecule has 0 saturated carbocycles. The Morgan fingerprint density at radius 2 is 1.92 bits per heavy atom. The van der Waals surface area contributed by atoms with Crippen LogP contribution in [0.1, 0.15) is 36.6 Å². The molecule has 0 radical (unpaired) electrons. The van der Waals surface area contributed by atoms with Crippen LogP contribution < -0.4 is 9.47 Å². The summed E-state index contributed by atoms with van der Waals surface area (Å²) in [6, 6.07) is 8.15. The largest absolute Gasteiger partial charge is 0.508 e. The van der Waals surface area contributed by atoms with Crippen molar-refractivity contribution in [1.82, 2.24) is 0 Å². The summed E-state index contributed by atoms with van der Waals surface area (Å²) < 4.78 is 11.5. The van der Waals surface area contributed by atoms with Crippen molar-refractivity contribution in [3.05, 3.63) is 58.7 Å². The average Bonchev–Trinajstić information content (AvgIpc) is 2.61. The second kappa shape index (κ2) is 7.30. The number of ether oxygens (including phenoxy) is 2. The Hall–Kier alpha value is -2.66. The lowest BCUT2D eigenvalue weighted by Crippen LogP contribution is -2.31. The van der Waals surface area contributed by atoms with Gasteiger partial charge in [-0.1, -0.05) is 23.8 Å². The zero-order valence-corrected chi connectivity index (χ0v) is 15.2. The van der Waals surface area contributed by atoms with Gasteiger partial charge in [0, 0.05) is 23.6 Å². The Morgan fingerprint density at radius 3 is 2.54 bits per heavy atom. The molecule has 2 atom stereocenters. The van der Waals surface area contributed by atoms with E-state index >= 15 is 0 Å². The molecule has 1 heterocycles. The molecule has 3 rings (SSSR count). The van der Waals surface area contributed by atoms with Crippen molar-refractivity contribution in [2.24, 2.45) is 0 Å². The van der Waals surface area contributed by atoms with E-state index in [1.807, 2.05) is 19.9 Å². The van der Waals surface area contributed by atoms with E-state index < -0.39 is 12.2 Å². The minimum absolute atomic E-state index is 0.110. The number of allylic oxidation sites excluding steroid dienone is 2. The molecule has 26 heavy (non-hydrogen) atoms. The van der Waals surface area contributed by atoms with Gasteiger partial charge in [0.2, 0.25) is 0 Å². The van der Waals surface area contributed by atoms with Gasteiger partial charge in [-0.05, 0) is 38.0 Å². The summed E-state index contributed by atoms with van der Waals surface area (Å²) in [5, 5.41) is 30.6. The van der Waals surface area contributed by atoms with Crippen molar-refractivity contribution in [2.45, 2.75) is 38.9 Å². The molecule has 2 aromatic carbocycles. The molecule has 3 N–H and O–H groups in total.